The molecule has 0 aliphatic carbocycles. The van der Waals surface area contributed by atoms with Gasteiger partial charge in [0.2, 0.25) is 0 Å². The van der Waals surface area contributed by atoms with E-state index in [1.54, 1.807) is 0 Å². The predicted molar refractivity (Wildman–Crippen MR) is 52.5 cm³/mol. The molecular formula is C10H17NO4. The van der Waals surface area contributed by atoms with Crippen LogP contribution in [0.3, 0.4) is 0 Å². The van der Waals surface area contributed by atoms with Gasteiger partial charge in [0, 0.05) is 6.61 Å². The van der Waals surface area contributed by atoms with Gasteiger partial charge in [-0.05, 0) is 12.8 Å². The van der Waals surface area contributed by atoms with E-state index in [9.17, 15) is 4.79 Å². The molecule has 86 valence electrons. The van der Waals surface area contributed by atoms with Gasteiger partial charge in [0.1, 0.15) is 0 Å². The molecule has 0 aromatic carbocycles. The van der Waals surface area contributed by atoms with Gasteiger partial charge in [-0.3, -0.25) is 0 Å². The summed E-state index contributed by atoms with van der Waals surface area (Å²) in [5, 5.41) is 11.4. The van der Waals surface area contributed by atoms with Crippen LogP contribution in [0.25, 0.3) is 0 Å². The van der Waals surface area contributed by atoms with Crippen LogP contribution in [0.15, 0.2) is 0 Å². The normalized spacial score (nSPS) is 33.7. The molecule has 0 saturated carbocycles. The minimum absolute atomic E-state index is 0.0349. The van der Waals surface area contributed by atoms with Gasteiger partial charge in [-0.25, -0.2) is 4.79 Å². The molecule has 15 heavy (non-hydrogen) atoms. The number of fused-ring (bicyclic) bond motifs is 1. The highest BCUT2D eigenvalue weighted by molar-refractivity contribution is 5.70. The summed E-state index contributed by atoms with van der Waals surface area (Å²) < 4.78 is 10.7. The van der Waals surface area contributed by atoms with E-state index in [1.807, 2.05) is 0 Å². The Morgan fingerprint density at radius 1 is 1.40 bits per heavy atom. The summed E-state index contributed by atoms with van der Waals surface area (Å²) in [5.74, 6) is 0. The number of amides is 1. The Morgan fingerprint density at radius 2 is 2.27 bits per heavy atom. The van der Waals surface area contributed by atoms with E-state index in [4.69, 9.17) is 14.6 Å². The van der Waals surface area contributed by atoms with Crippen molar-refractivity contribution in [3.63, 3.8) is 0 Å². The number of carbonyl (C=O) groups is 1. The van der Waals surface area contributed by atoms with E-state index in [1.165, 1.54) is 0 Å². The third kappa shape index (κ3) is 2.41. The van der Waals surface area contributed by atoms with Crippen molar-refractivity contribution in [1.29, 1.82) is 0 Å². The maximum Gasteiger partial charge on any atom is 0.408 e. The van der Waals surface area contributed by atoms with Crippen molar-refractivity contribution in [2.24, 2.45) is 0 Å². The van der Waals surface area contributed by atoms with Crippen LogP contribution in [-0.2, 0) is 9.47 Å². The number of rotatable bonds is 5. The molecule has 2 rings (SSSR count). The number of hydrogen-bond donors (Lipinski definition) is 2. The van der Waals surface area contributed by atoms with Crippen LogP contribution in [0.1, 0.15) is 25.7 Å². The van der Waals surface area contributed by atoms with Gasteiger partial charge in [0.25, 0.3) is 0 Å². The number of aliphatic hydroxyl groups is 1. The summed E-state index contributed by atoms with van der Waals surface area (Å²) >= 11 is 0. The van der Waals surface area contributed by atoms with Crippen LogP contribution >= 0.6 is 0 Å². The molecular weight excluding hydrogens is 198 g/mol. The van der Waals surface area contributed by atoms with E-state index in [0.717, 1.165) is 25.7 Å². The Bertz CT molecular complexity index is 233. The summed E-state index contributed by atoms with van der Waals surface area (Å²) in [5.41, 5.74) is 0. The lowest BCUT2D eigenvalue weighted by molar-refractivity contribution is 0.0285. The zero-order valence-electron chi connectivity index (χ0n) is 8.65. The van der Waals surface area contributed by atoms with Crippen LogP contribution in [0.4, 0.5) is 4.79 Å². The fraction of sp³-hybridized carbons (Fsp3) is 0.900. The second-order valence-corrected chi connectivity index (χ2v) is 4.07. The molecule has 5 nitrogen and oxygen atoms in total. The summed E-state index contributed by atoms with van der Waals surface area (Å²) in [4.78, 5) is 11.0. The Labute approximate surface area is 88.7 Å². The first-order valence-corrected chi connectivity index (χ1v) is 5.51. The van der Waals surface area contributed by atoms with Gasteiger partial charge >= 0.3 is 6.09 Å². The molecule has 2 aliphatic rings. The van der Waals surface area contributed by atoms with Crippen LogP contribution in [0, 0.1) is 0 Å². The van der Waals surface area contributed by atoms with E-state index in [0.29, 0.717) is 6.61 Å². The lowest BCUT2D eigenvalue weighted by Gasteiger charge is -2.14. The van der Waals surface area contributed by atoms with Crippen molar-refractivity contribution in [3.8, 4) is 0 Å². The highest BCUT2D eigenvalue weighted by atomic mass is 16.6. The summed E-state index contributed by atoms with van der Waals surface area (Å²) in [6, 6.07) is 0.0420. The molecule has 2 aliphatic heterocycles. The largest absolute Gasteiger partial charge is 0.441 e. The molecule has 2 N–H and O–H groups in total. The Morgan fingerprint density at radius 3 is 3.07 bits per heavy atom. The SMILES string of the molecule is O=C1N[C@H]2CO[C@@H](CCCCCO)[C@H]2O1. The van der Waals surface area contributed by atoms with Crippen molar-refractivity contribution in [3.05, 3.63) is 0 Å². The average Bonchev–Trinajstić information content (AvgIpc) is 2.73. The van der Waals surface area contributed by atoms with Gasteiger partial charge in [-0.1, -0.05) is 12.8 Å². The minimum Gasteiger partial charge on any atom is -0.441 e. The zero-order chi connectivity index (χ0) is 10.7. The quantitative estimate of drug-likeness (QED) is 0.652. The highest BCUT2D eigenvalue weighted by Gasteiger charge is 2.45. The van der Waals surface area contributed by atoms with E-state index >= 15 is 0 Å². The second-order valence-electron chi connectivity index (χ2n) is 4.07. The van der Waals surface area contributed by atoms with Gasteiger partial charge in [-0.15, -0.1) is 0 Å². The number of aliphatic hydroxyl groups excluding tert-OH is 1. The monoisotopic (exact) mass is 215 g/mol. The van der Waals surface area contributed by atoms with Crippen molar-refractivity contribution in [1.82, 2.24) is 5.32 Å². The second kappa shape index (κ2) is 4.81. The van der Waals surface area contributed by atoms with E-state index in [-0.39, 0.29) is 30.9 Å². The maximum atomic E-state index is 11.0. The molecule has 5 heteroatoms. The predicted octanol–water partition coefficient (Wildman–Crippen LogP) is 0.415. The summed E-state index contributed by atoms with van der Waals surface area (Å²) in [7, 11) is 0. The van der Waals surface area contributed by atoms with Crippen LogP contribution in [0.2, 0.25) is 0 Å². The molecule has 0 radical (unpaired) electrons. The van der Waals surface area contributed by atoms with Crippen LogP contribution < -0.4 is 5.32 Å². The number of hydrogen-bond acceptors (Lipinski definition) is 4. The number of nitrogens with one attached hydrogen (secondary N) is 1. The van der Waals surface area contributed by atoms with Crippen molar-refractivity contribution < 1.29 is 19.4 Å². The van der Waals surface area contributed by atoms with Gasteiger partial charge in [0.05, 0.1) is 18.8 Å². The third-order valence-corrected chi connectivity index (χ3v) is 2.95. The lowest BCUT2D eigenvalue weighted by atomic mass is 10.0. The molecule has 1 amide bonds. The highest BCUT2D eigenvalue weighted by Crippen LogP contribution is 2.26. The summed E-state index contributed by atoms with van der Waals surface area (Å²) in [6.45, 7) is 0.801. The molecule has 2 heterocycles. The smallest absolute Gasteiger partial charge is 0.408 e. The zero-order valence-corrected chi connectivity index (χ0v) is 8.65. The maximum absolute atomic E-state index is 11.0. The Balaban J connectivity index is 1.72. The van der Waals surface area contributed by atoms with Crippen LogP contribution in [-0.4, -0.2) is 42.7 Å². The molecule has 2 saturated heterocycles. The molecule has 3 atom stereocenters. The average molecular weight is 215 g/mol. The third-order valence-electron chi connectivity index (χ3n) is 2.95. The van der Waals surface area contributed by atoms with E-state index in [2.05, 4.69) is 5.32 Å². The standard InChI is InChI=1S/C10H17NO4/c12-5-3-1-2-4-8-9-7(6-14-8)11-10(13)15-9/h7-9,12H,1-6H2,(H,11,13)/t7-,8-,9-/m0/s1. The first-order valence-electron chi connectivity index (χ1n) is 5.51. The molecule has 0 spiro atoms. The van der Waals surface area contributed by atoms with Gasteiger partial charge in [0.15, 0.2) is 6.10 Å². The Hall–Kier alpha value is -0.810. The molecule has 0 aromatic heterocycles. The topological polar surface area (TPSA) is 67.8 Å². The lowest BCUT2D eigenvalue weighted by Crippen LogP contribution is -2.32. The number of carbonyl (C=O) groups excluding carboxylic acids is 1. The molecule has 0 aromatic rings. The minimum atomic E-state index is -0.325. The first-order chi connectivity index (χ1) is 7.31. The molecule has 0 bridgehead atoms. The molecule has 0 unspecified atom stereocenters. The van der Waals surface area contributed by atoms with Gasteiger partial charge in [-0.2, -0.15) is 0 Å². The van der Waals surface area contributed by atoms with Crippen molar-refractivity contribution in [2.45, 2.75) is 43.9 Å². The van der Waals surface area contributed by atoms with Crippen LogP contribution in [0.5, 0.6) is 0 Å². The fourth-order valence-corrected chi connectivity index (χ4v) is 2.15. The number of ether oxygens (including phenoxy) is 2. The fourth-order valence-electron chi connectivity index (χ4n) is 2.15. The van der Waals surface area contributed by atoms with Gasteiger partial charge < -0.3 is 19.9 Å². The first kappa shape index (κ1) is 10.7. The summed E-state index contributed by atoms with van der Waals surface area (Å²) in [6.07, 6.45) is 3.34. The van der Waals surface area contributed by atoms with E-state index < -0.39 is 0 Å². The van der Waals surface area contributed by atoms with Crippen molar-refractivity contribution in [2.75, 3.05) is 13.2 Å². The Kier molecular flexibility index (Phi) is 3.43. The number of alkyl carbamates (subject to hydrolysis) is 1. The number of unbranched alkanes of at least 4 members (excludes halogenated alkanes) is 2. The molecule has 2 fully saturated rings. The van der Waals surface area contributed by atoms with Crippen molar-refractivity contribution >= 4 is 6.09 Å².